The van der Waals surface area contributed by atoms with Crippen molar-refractivity contribution in [2.75, 3.05) is 18.4 Å². The number of anilines is 1. The summed E-state index contributed by atoms with van der Waals surface area (Å²) in [5, 5.41) is 12.7. The van der Waals surface area contributed by atoms with E-state index in [2.05, 4.69) is 10.3 Å². The van der Waals surface area contributed by atoms with Gasteiger partial charge in [0.25, 0.3) is 0 Å². The molecule has 1 aromatic heterocycles. The molecule has 1 saturated heterocycles. The number of piperidine rings is 1. The third-order valence-corrected chi connectivity index (χ3v) is 4.91. The van der Waals surface area contributed by atoms with Crippen LogP contribution >= 0.6 is 0 Å². The molecule has 1 aromatic carbocycles. The van der Waals surface area contributed by atoms with E-state index >= 15 is 0 Å². The van der Waals surface area contributed by atoms with Crippen LogP contribution in [-0.2, 0) is 16.0 Å². The van der Waals surface area contributed by atoms with Gasteiger partial charge in [-0.05, 0) is 49.4 Å². The lowest BCUT2D eigenvalue weighted by atomic mass is 9.96. The molecular weight excluding hydrogens is 342 g/mol. The van der Waals surface area contributed by atoms with E-state index in [1.807, 2.05) is 25.1 Å². The molecule has 2 aromatic rings. The zero-order chi connectivity index (χ0) is 19.2. The fourth-order valence-electron chi connectivity index (χ4n) is 3.31. The van der Waals surface area contributed by atoms with Crippen molar-refractivity contribution in [3.63, 3.8) is 0 Å². The first kappa shape index (κ1) is 18.9. The number of hydrogen-bond acceptors (Lipinski definition) is 4. The minimum absolute atomic E-state index is 0.0178. The molecule has 2 heterocycles. The van der Waals surface area contributed by atoms with Gasteiger partial charge >= 0.3 is 0 Å². The monoisotopic (exact) mass is 367 g/mol. The second kappa shape index (κ2) is 8.66. The van der Waals surface area contributed by atoms with Gasteiger partial charge in [-0.2, -0.15) is 0 Å². The summed E-state index contributed by atoms with van der Waals surface area (Å²) in [4.78, 5) is 31.0. The molecule has 6 nitrogen and oxygen atoms in total. The van der Waals surface area contributed by atoms with Gasteiger partial charge in [0.2, 0.25) is 11.8 Å². The van der Waals surface area contributed by atoms with Crippen LogP contribution in [0.4, 0.5) is 5.82 Å². The molecule has 3 rings (SSSR count). The normalized spacial score (nSPS) is 16.8. The number of amides is 2. The number of pyridine rings is 1. The van der Waals surface area contributed by atoms with Gasteiger partial charge in [0.1, 0.15) is 11.6 Å². The first-order valence-electron chi connectivity index (χ1n) is 9.31. The highest BCUT2D eigenvalue weighted by molar-refractivity contribution is 5.92. The lowest BCUT2D eigenvalue weighted by Gasteiger charge is -2.32. The quantitative estimate of drug-likeness (QED) is 0.851. The standard InChI is InChI=1S/C21H25N3O3/c1-15-8-10-19(22-13-15)23-21(27)17-6-4-12-24(14-17)20(26)11-9-16-5-2-3-7-18(16)25/h2-3,5,7-8,10,13,17,25H,4,6,9,11-12,14H2,1H3,(H,22,23,27). The molecule has 142 valence electrons. The number of aromatic nitrogens is 1. The molecule has 27 heavy (non-hydrogen) atoms. The number of carbonyl (C=O) groups excluding carboxylic acids is 2. The Hall–Kier alpha value is -2.89. The fraction of sp³-hybridized carbons (Fsp3) is 0.381. The first-order chi connectivity index (χ1) is 13.0. The predicted octanol–water partition coefficient (Wildman–Crippen LogP) is 2.91. The lowest BCUT2D eigenvalue weighted by Crippen LogP contribution is -2.43. The third kappa shape index (κ3) is 5.06. The summed E-state index contributed by atoms with van der Waals surface area (Å²) in [5.74, 6) is 0.449. The number of phenolic OH excluding ortho intramolecular Hbond substituents is 1. The van der Waals surface area contributed by atoms with E-state index in [1.54, 1.807) is 29.3 Å². The van der Waals surface area contributed by atoms with Crippen molar-refractivity contribution in [3.05, 3.63) is 53.7 Å². The predicted molar refractivity (Wildman–Crippen MR) is 103 cm³/mol. The van der Waals surface area contributed by atoms with Gasteiger partial charge in [-0.15, -0.1) is 0 Å². The summed E-state index contributed by atoms with van der Waals surface area (Å²) in [6.07, 6.45) is 4.10. The van der Waals surface area contributed by atoms with Crippen LogP contribution in [0.5, 0.6) is 5.75 Å². The molecule has 0 saturated carbocycles. The number of aryl methyl sites for hydroxylation is 2. The zero-order valence-corrected chi connectivity index (χ0v) is 15.5. The minimum atomic E-state index is -0.226. The average molecular weight is 367 g/mol. The van der Waals surface area contributed by atoms with Crippen molar-refractivity contribution in [3.8, 4) is 5.75 Å². The van der Waals surface area contributed by atoms with Gasteiger partial charge in [0.15, 0.2) is 0 Å². The molecule has 2 N–H and O–H groups in total. The minimum Gasteiger partial charge on any atom is -0.508 e. The van der Waals surface area contributed by atoms with Gasteiger partial charge in [-0.25, -0.2) is 4.98 Å². The second-order valence-corrected chi connectivity index (χ2v) is 7.02. The summed E-state index contributed by atoms with van der Waals surface area (Å²) < 4.78 is 0. The number of aromatic hydroxyl groups is 1. The Labute approximate surface area is 159 Å². The van der Waals surface area contributed by atoms with E-state index in [9.17, 15) is 14.7 Å². The van der Waals surface area contributed by atoms with E-state index in [1.165, 1.54) is 0 Å². The largest absolute Gasteiger partial charge is 0.508 e. The van der Waals surface area contributed by atoms with Crippen LogP contribution in [-0.4, -0.2) is 39.9 Å². The molecule has 1 aliphatic rings. The van der Waals surface area contributed by atoms with E-state index in [0.717, 1.165) is 24.0 Å². The number of nitrogens with zero attached hydrogens (tertiary/aromatic N) is 2. The van der Waals surface area contributed by atoms with E-state index in [-0.39, 0.29) is 23.5 Å². The van der Waals surface area contributed by atoms with Crippen LogP contribution in [0, 0.1) is 12.8 Å². The smallest absolute Gasteiger partial charge is 0.230 e. The van der Waals surface area contributed by atoms with Crippen molar-refractivity contribution in [1.82, 2.24) is 9.88 Å². The summed E-state index contributed by atoms with van der Waals surface area (Å²) in [5.41, 5.74) is 1.80. The molecule has 1 fully saturated rings. The first-order valence-corrected chi connectivity index (χ1v) is 9.31. The molecule has 1 atom stereocenters. The van der Waals surface area contributed by atoms with Crippen LogP contribution in [0.3, 0.4) is 0 Å². The second-order valence-electron chi connectivity index (χ2n) is 7.02. The summed E-state index contributed by atoms with van der Waals surface area (Å²) in [7, 11) is 0. The summed E-state index contributed by atoms with van der Waals surface area (Å²) in [6, 6.07) is 10.7. The highest BCUT2D eigenvalue weighted by atomic mass is 16.3. The number of hydrogen-bond donors (Lipinski definition) is 2. The third-order valence-electron chi connectivity index (χ3n) is 4.91. The van der Waals surface area contributed by atoms with Gasteiger partial charge < -0.3 is 15.3 Å². The Morgan fingerprint density at radius 3 is 2.81 bits per heavy atom. The molecule has 0 spiro atoms. The van der Waals surface area contributed by atoms with Crippen molar-refractivity contribution in [2.24, 2.45) is 5.92 Å². The molecule has 1 aliphatic heterocycles. The van der Waals surface area contributed by atoms with E-state index < -0.39 is 0 Å². The Bertz CT molecular complexity index is 805. The molecule has 6 heteroatoms. The van der Waals surface area contributed by atoms with Crippen LogP contribution < -0.4 is 5.32 Å². The number of carbonyl (C=O) groups is 2. The van der Waals surface area contributed by atoms with Gasteiger partial charge in [-0.3, -0.25) is 9.59 Å². The molecule has 0 bridgehead atoms. The lowest BCUT2D eigenvalue weighted by molar-refractivity contribution is -0.134. The highest BCUT2D eigenvalue weighted by Crippen LogP contribution is 2.21. The Morgan fingerprint density at radius 2 is 2.07 bits per heavy atom. The van der Waals surface area contributed by atoms with Gasteiger partial charge in [-0.1, -0.05) is 24.3 Å². The Kier molecular flexibility index (Phi) is 6.06. The van der Waals surface area contributed by atoms with Crippen LogP contribution in [0.2, 0.25) is 0 Å². The van der Waals surface area contributed by atoms with E-state index in [0.29, 0.717) is 31.7 Å². The number of nitrogens with one attached hydrogen (secondary N) is 1. The molecule has 0 radical (unpaired) electrons. The molecule has 0 aliphatic carbocycles. The number of phenols is 1. The van der Waals surface area contributed by atoms with E-state index in [4.69, 9.17) is 0 Å². The zero-order valence-electron chi connectivity index (χ0n) is 15.5. The van der Waals surface area contributed by atoms with Crippen molar-refractivity contribution in [1.29, 1.82) is 0 Å². The van der Waals surface area contributed by atoms with Gasteiger partial charge in [0, 0.05) is 25.7 Å². The average Bonchev–Trinajstić information content (AvgIpc) is 2.69. The van der Waals surface area contributed by atoms with Crippen molar-refractivity contribution in [2.45, 2.75) is 32.6 Å². The summed E-state index contributed by atoms with van der Waals surface area (Å²) >= 11 is 0. The maximum absolute atomic E-state index is 12.5. The number of para-hydroxylation sites is 1. The number of rotatable bonds is 5. The fourth-order valence-corrected chi connectivity index (χ4v) is 3.31. The topological polar surface area (TPSA) is 82.5 Å². The highest BCUT2D eigenvalue weighted by Gasteiger charge is 2.28. The SMILES string of the molecule is Cc1ccc(NC(=O)C2CCCN(C(=O)CCc3ccccc3O)C2)nc1. The number of benzene rings is 1. The Morgan fingerprint density at radius 1 is 1.26 bits per heavy atom. The number of likely N-dealkylation sites (tertiary alicyclic amines) is 1. The Balaban J connectivity index is 1.53. The molecular formula is C21H25N3O3. The van der Waals surface area contributed by atoms with Crippen molar-refractivity contribution < 1.29 is 14.7 Å². The maximum Gasteiger partial charge on any atom is 0.230 e. The van der Waals surface area contributed by atoms with Crippen LogP contribution in [0.1, 0.15) is 30.4 Å². The van der Waals surface area contributed by atoms with Crippen LogP contribution in [0.15, 0.2) is 42.6 Å². The van der Waals surface area contributed by atoms with Crippen molar-refractivity contribution >= 4 is 17.6 Å². The summed E-state index contributed by atoms with van der Waals surface area (Å²) in [6.45, 7) is 3.04. The van der Waals surface area contributed by atoms with Gasteiger partial charge in [0.05, 0.1) is 5.92 Å². The molecule has 2 amide bonds. The molecule has 1 unspecified atom stereocenters. The van der Waals surface area contributed by atoms with Crippen LogP contribution in [0.25, 0.3) is 0 Å². The maximum atomic E-state index is 12.5.